The molecular weight excluding hydrogens is 316 g/mol. The summed E-state index contributed by atoms with van der Waals surface area (Å²) in [4.78, 5) is 23.3. The molecule has 4 rings (SSSR count). The first-order chi connectivity index (χ1) is 12.2. The van der Waals surface area contributed by atoms with Gasteiger partial charge in [0.1, 0.15) is 5.82 Å². The fourth-order valence-corrected chi connectivity index (χ4v) is 3.40. The highest BCUT2D eigenvalue weighted by Crippen LogP contribution is 2.29. The zero-order valence-corrected chi connectivity index (χ0v) is 14.6. The second-order valence-electron chi connectivity index (χ2n) is 7.07. The van der Waals surface area contributed by atoms with E-state index in [1.54, 1.807) is 12.3 Å². The summed E-state index contributed by atoms with van der Waals surface area (Å²) in [5, 5.41) is 0. The van der Waals surface area contributed by atoms with E-state index in [4.69, 9.17) is 4.74 Å². The minimum atomic E-state index is 0.0451. The second-order valence-corrected chi connectivity index (χ2v) is 7.07. The zero-order valence-electron chi connectivity index (χ0n) is 14.6. The van der Waals surface area contributed by atoms with Gasteiger partial charge in [0.2, 0.25) is 5.88 Å². The molecule has 3 heterocycles. The van der Waals surface area contributed by atoms with Crippen LogP contribution in [0.15, 0.2) is 30.7 Å². The molecule has 6 nitrogen and oxygen atoms in total. The van der Waals surface area contributed by atoms with Gasteiger partial charge in [-0.2, -0.15) is 0 Å². The van der Waals surface area contributed by atoms with Gasteiger partial charge in [0.25, 0.3) is 5.91 Å². The monoisotopic (exact) mass is 340 g/mol. The Labute approximate surface area is 147 Å². The highest BCUT2D eigenvalue weighted by Gasteiger charge is 2.26. The molecular formula is C19H24N4O2. The lowest BCUT2D eigenvalue weighted by Crippen LogP contribution is -2.40. The van der Waals surface area contributed by atoms with Crippen molar-refractivity contribution in [1.82, 2.24) is 19.4 Å². The maximum absolute atomic E-state index is 12.8. The van der Waals surface area contributed by atoms with E-state index in [1.807, 2.05) is 30.3 Å². The maximum Gasteiger partial charge on any atom is 0.255 e. The maximum atomic E-state index is 12.8. The van der Waals surface area contributed by atoms with Gasteiger partial charge in [-0.25, -0.2) is 9.97 Å². The van der Waals surface area contributed by atoms with Crippen LogP contribution in [0.25, 0.3) is 0 Å². The number of piperidine rings is 1. The standard InChI is InChI=1S/C19H24N4O2/c1-14-20-8-10-23(14)17-3-2-9-22(12-17)19(24)16-6-7-18(21-11-16)25-13-15-4-5-15/h6-8,10-11,15,17H,2-5,9,12-13H2,1H3/t17-/m1/s1. The lowest BCUT2D eigenvalue weighted by Gasteiger charge is -2.34. The molecule has 1 amide bonds. The Hall–Kier alpha value is -2.37. The number of nitrogens with zero attached hydrogens (tertiary/aromatic N) is 4. The first-order valence-corrected chi connectivity index (χ1v) is 9.08. The number of amides is 1. The average Bonchev–Trinajstić information content (AvgIpc) is 3.39. The second kappa shape index (κ2) is 6.86. The Balaban J connectivity index is 1.40. The number of imidazole rings is 1. The topological polar surface area (TPSA) is 60.2 Å². The summed E-state index contributed by atoms with van der Waals surface area (Å²) in [6.45, 7) is 4.25. The Morgan fingerprint density at radius 3 is 2.84 bits per heavy atom. The normalized spacial score (nSPS) is 20.5. The Bertz CT molecular complexity index is 736. The molecule has 132 valence electrons. The molecule has 0 aromatic carbocycles. The molecule has 2 fully saturated rings. The molecule has 1 saturated carbocycles. The summed E-state index contributed by atoms with van der Waals surface area (Å²) in [5.41, 5.74) is 0.627. The average molecular weight is 340 g/mol. The van der Waals surface area contributed by atoms with Gasteiger partial charge >= 0.3 is 0 Å². The number of hydrogen-bond donors (Lipinski definition) is 0. The van der Waals surface area contributed by atoms with Crippen molar-refractivity contribution in [1.29, 1.82) is 0 Å². The van der Waals surface area contributed by atoms with Crippen molar-refractivity contribution < 1.29 is 9.53 Å². The van der Waals surface area contributed by atoms with E-state index in [1.165, 1.54) is 12.8 Å². The summed E-state index contributed by atoms with van der Waals surface area (Å²) in [5.74, 6) is 2.34. The molecule has 0 N–H and O–H groups in total. The molecule has 1 aliphatic heterocycles. The number of ether oxygens (including phenoxy) is 1. The molecule has 0 radical (unpaired) electrons. The molecule has 1 atom stereocenters. The Morgan fingerprint density at radius 1 is 1.28 bits per heavy atom. The van der Waals surface area contributed by atoms with Crippen molar-refractivity contribution >= 4 is 5.91 Å². The van der Waals surface area contributed by atoms with Crippen LogP contribution >= 0.6 is 0 Å². The third-order valence-electron chi connectivity index (χ3n) is 5.09. The predicted octanol–water partition coefficient (Wildman–Crippen LogP) is 2.85. The Kier molecular flexibility index (Phi) is 4.42. The van der Waals surface area contributed by atoms with Gasteiger partial charge in [0, 0.05) is 37.7 Å². The molecule has 1 aliphatic carbocycles. The van der Waals surface area contributed by atoms with Crippen LogP contribution < -0.4 is 4.74 Å². The SMILES string of the molecule is Cc1nccn1[C@@H]1CCCN(C(=O)c2ccc(OCC3CC3)nc2)C1. The minimum absolute atomic E-state index is 0.0451. The molecule has 0 spiro atoms. The molecule has 2 aromatic rings. The molecule has 0 unspecified atom stereocenters. The smallest absolute Gasteiger partial charge is 0.255 e. The van der Waals surface area contributed by atoms with Crippen LogP contribution in [0.5, 0.6) is 5.88 Å². The quantitative estimate of drug-likeness (QED) is 0.840. The van der Waals surface area contributed by atoms with Gasteiger partial charge in [0.15, 0.2) is 0 Å². The lowest BCUT2D eigenvalue weighted by molar-refractivity contribution is 0.0677. The highest BCUT2D eigenvalue weighted by atomic mass is 16.5. The number of carbonyl (C=O) groups is 1. The van der Waals surface area contributed by atoms with Crippen LogP contribution in [0, 0.1) is 12.8 Å². The number of carbonyl (C=O) groups excluding carboxylic acids is 1. The number of likely N-dealkylation sites (tertiary alicyclic amines) is 1. The number of pyridine rings is 1. The number of hydrogen-bond acceptors (Lipinski definition) is 4. The summed E-state index contributed by atoms with van der Waals surface area (Å²) in [6.07, 6.45) is 10.0. The van der Waals surface area contributed by atoms with Crippen LogP contribution in [0.4, 0.5) is 0 Å². The molecule has 6 heteroatoms. The van der Waals surface area contributed by atoms with Crippen molar-refractivity contribution in [3.8, 4) is 5.88 Å². The molecule has 0 bridgehead atoms. The van der Waals surface area contributed by atoms with Crippen molar-refractivity contribution in [3.63, 3.8) is 0 Å². The fraction of sp³-hybridized carbons (Fsp3) is 0.526. The van der Waals surface area contributed by atoms with Gasteiger partial charge in [-0.1, -0.05) is 0 Å². The van der Waals surface area contributed by atoms with Crippen LogP contribution in [-0.2, 0) is 0 Å². The summed E-state index contributed by atoms with van der Waals surface area (Å²) in [7, 11) is 0. The highest BCUT2D eigenvalue weighted by molar-refractivity contribution is 5.94. The van der Waals surface area contributed by atoms with Crippen LogP contribution in [0.1, 0.15) is 47.9 Å². The van der Waals surface area contributed by atoms with Crippen molar-refractivity contribution in [3.05, 3.63) is 42.1 Å². The van der Waals surface area contributed by atoms with E-state index in [0.717, 1.165) is 38.4 Å². The molecule has 2 aliphatic rings. The van der Waals surface area contributed by atoms with E-state index < -0.39 is 0 Å². The first-order valence-electron chi connectivity index (χ1n) is 9.08. The number of rotatable bonds is 5. The van der Waals surface area contributed by atoms with E-state index >= 15 is 0 Å². The van der Waals surface area contributed by atoms with E-state index in [2.05, 4.69) is 14.5 Å². The van der Waals surface area contributed by atoms with Gasteiger partial charge in [-0.05, 0) is 44.6 Å². The van der Waals surface area contributed by atoms with Crippen molar-refractivity contribution in [2.24, 2.45) is 5.92 Å². The predicted molar refractivity (Wildman–Crippen MR) is 93.6 cm³/mol. The van der Waals surface area contributed by atoms with Gasteiger partial charge in [0.05, 0.1) is 18.2 Å². The van der Waals surface area contributed by atoms with Crippen LogP contribution in [0.3, 0.4) is 0 Å². The van der Waals surface area contributed by atoms with E-state index in [0.29, 0.717) is 23.4 Å². The van der Waals surface area contributed by atoms with E-state index in [9.17, 15) is 4.79 Å². The third-order valence-corrected chi connectivity index (χ3v) is 5.09. The van der Waals surface area contributed by atoms with Crippen molar-refractivity contribution in [2.75, 3.05) is 19.7 Å². The minimum Gasteiger partial charge on any atom is -0.477 e. The summed E-state index contributed by atoms with van der Waals surface area (Å²) < 4.78 is 7.82. The largest absolute Gasteiger partial charge is 0.477 e. The molecule has 25 heavy (non-hydrogen) atoms. The molecule has 2 aromatic heterocycles. The fourth-order valence-electron chi connectivity index (χ4n) is 3.40. The van der Waals surface area contributed by atoms with Gasteiger partial charge < -0.3 is 14.2 Å². The van der Waals surface area contributed by atoms with Gasteiger partial charge in [-0.15, -0.1) is 0 Å². The summed E-state index contributed by atoms with van der Waals surface area (Å²) in [6, 6.07) is 3.93. The lowest BCUT2D eigenvalue weighted by atomic mass is 10.0. The Morgan fingerprint density at radius 2 is 2.16 bits per heavy atom. The van der Waals surface area contributed by atoms with Crippen LogP contribution in [-0.4, -0.2) is 45.0 Å². The third kappa shape index (κ3) is 3.67. The van der Waals surface area contributed by atoms with Gasteiger partial charge in [-0.3, -0.25) is 4.79 Å². The summed E-state index contributed by atoms with van der Waals surface area (Å²) >= 11 is 0. The zero-order chi connectivity index (χ0) is 17.2. The molecule has 1 saturated heterocycles. The first kappa shape index (κ1) is 16.1. The number of aromatic nitrogens is 3. The van der Waals surface area contributed by atoms with Crippen LogP contribution in [0.2, 0.25) is 0 Å². The number of aryl methyl sites for hydroxylation is 1. The van der Waals surface area contributed by atoms with E-state index in [-0.39, 0.29) is 5.91 Å². The van der Waals surface area contributed by atoms with Crippen molar-refractivity contribution in [2.45, 2.75) is 38.6 Å².